The summed E-state index contributed by atoms with van der Waals surface area (Å²) in [5.41, 5.74) is -0.943. The third kappa shape index (κ3) is 3.27. The van der Waals surface area contributed by atoms with E-state index in [1.54, 1.807) is 0 Å². The smallest absolute Gasteiger partial charge is 0.206 e. The number of rotatable bonds is 2. The van der Waals surface area contributed by atoms with Gasteiger partial charge >= 0.3 is 6.18 Å². The van der Waals surface area contributed by atoms with E-state index in [0.29, 0.717) is 11.8 Å². The van der Waals surface area contributed by atoms with E-state index in [1.807, 2.05) is 0 Å². The molecule has 0 aliphatic rings. The van der Waals surface area contributed by atoms with Crippen LogP contribution in [0, 0.1) is 5.82 Å². The molecule has 0 spiro atoms. The topological polar surface area (TPSA) is 0 Å². The average Bonchev–Trinajstić information content (AvgIpc) is 2.15. The lowest BCUT2D eigenvalue weighted by atomic mass is 10.1. The summed E-state index contributed by atoms with van der Waals surface area (Å²) in [5.74, 6) is -0.337. The summed E-state index contributed by atoms with van der Waals surface area (Å²) in [4.78, 5) is 0. The van der Waals surface area contributed by atoms with Crippen LogP contribution in [-0.2, 0) is 6.18 Å². The van der Waals surface area contributed by atoms with E-state index in [2.05, 4.69) is 12.6 Å². The van der Waals surface area contributed by atoms with Gasteiger partial charge in [0.1, 0.15) is 5.82 Å². The molecule has 1 aromatic rings. The Labute approximate surface area is 90.0 Å². The molecule has 15 heavy (non-hydrogen) atoms. The summed E-state index contributed by atoms with van der Waals surface area (Å²) < 4.78 is 49.8. The van der Waals surface area contributed by atoms with Crippen LogP contribution in [0.3, 0.4) is 0 Å². The number of alkyl halides is 3. The molecule has 0 N–H and O–H groups in total. The zero-order valence-electron chi connectivity index (χ0n) is 7.55. The number of halogens is 4. The second-order valence-electron chi connectivity index (χ2n) is 2.82. The molecule has 0 unspecified atom stereocenters. The van der Waals surface area contributed by atoms with Crippen molar-refractivity contribution in [3.8, 4) is 0 Å². The quantitative estimate of drug-likeness (QED) is 0.586. The number of hydrogen-bond donors (Lipinski definition) is 1. The normalized spacial score (nSPS) is 12.3. The molecule has 0 aromatic heterocycles. The highest BCUT2D eigenvalue weighted by molar-refractivity contribution is 7.80. The van der Waals surface area contributed by atoms with Gasteiger partial charge in [-0.1, -0.05) is 12.2 Å². The van der Waals surface area contributed by atoms with Crippen LogP contribution in [0.5, 0.6) is 0 Å². The van der Waals surface area contributed by atoms with Gasteiger partial charge in [-0.15, -0.1) is 0 Å². The predicted molar refractivity (Wildman–Crippen MR) is 54.3 cm³/mol. The van der Waals surface area contributed by atoms with E-state index in [4.69, 9.17) is 0 Å². The zero-order chi connectivity index (χ0) is 11.5. The molecule has 0 atom stereocenters. The molecule has 0 bridgehead atoms. The van der Waals surface area contributed by atoms with Crippen LogP contribution < -0.4 is 0 Å². The zero-order valence-corrected chi connectivity index (χ0v) is 8.45. The van der Waals surface area contributed by atoms with Gasteiger partial charge in [-0.3, -0.25) is 0 Å². The van der Waals surface area contributed by atoms with Crippen molar-refractivity contribution < 1.29 is 17.6 Å². The minimum Gasteiger partial charge on any atom is -0.206 e. The van der Waals surface area contributed by atoms with E-state index < -0.39 is 17.6 Å². The summed E-state index contributed by atoms with van der Waals surface area (Å²) in [6, 6.07) is 2.30. The fraction of sp³-hybridized carbons (Fsp3) is 0.200. The highest BCUT2D eigenvalue weighted by Gasteiger charge is 2.30. The lowest BCUT2D eigenvalue weighted by molar-refractivity contribution is -0.137. The van der Waals surface area contributed by atoms with E-state index in [0.717, 1.165) is 12.1 Å². The molecule has 1 rings (SSSR count). The van der Waals surface area contributed by atoms with Crippen molar-refractivity contribution >= 4 is 18.7 Å². The Morgan fingerprint density at radius 3 is 2.47 bits per heavy atom. The third-order valence-electron chi connectivity index (χ3n) is 1.73. The van der Waals surface area contributed by atoms with Crippen LogP contribution in [0.2, 0.25) is 0 Å². The maximum Gasteiger partial charge on any atom is 0.416 e. The van der Waals surface area contributed by atoms with Crippen molar-refractivity contribution in [1.82, 2.24) is 0 Å². The molecule has 0 saturated heterocycles. The molecular weight excluding hydrogens is 228 g/mol. The SMILES string of the molecule is Fc1ccc(C(F)(F)F)cc1C=CCS. The first-order valence-corrected chi connectivity index (χ1v) is 4.72. The Balaban J connectivity index is 3.11. The van der Waals surface area contributed by atoms with E-state index in [-0.39, 0.29) is 5.56 Å². The Morgan fingerprint density at radius 1 is 1.27 bits per heavy atom. The second-order valence-corrected chi connectivity index (χ2v) is 3.18. The van der Waals surface area contributed by atoms with Crippen molar-refractivity contribution in [2.24, 2.45) is 0 Å². The maximum absolute atomic E-state index is 13.0. The maximum atomic E-state index is 13.0. The minimum atomic E-state index is -4.45. The van der Waals surface area contributed by atoms with Crippen molar-refractivity contribution in [1.29, 1.82) is 0 Å². The molecule has 82 valence electrons. The molecule has 0 amide bonds. The molecule has 1 aromatic carbocycles. The van der Waals surface area contributed by atoms with Crippen molar-refractivity contribution in [3.05, 3.63) is 41.2 Å². The van der Waals surface area contributed by atoms with Gasteiger partial charge in [0.2, 0.25) is 0 Å². The monoisotopic (exact) mass is 236 g/mol. The lowest BCUT2D eigenvalue weighted by Crippen LogP contribution is -2.05. The van der Waals surface area contributed by atoms with Gasteiger partial charge in [-0.05, 0) is 18.2 Å². The molecule has 0 aliphatic carbocycles. The van der Waals surface area contributed by atoms with E-state index in [9.17, 15) is 17.6 Å². The van der Waals surface area contributed by atoms with Crippen LogP contribution in [0.4, 0.5) is 17.6 Å². The van der Waals surface area contributed by atoms with Crippen LogP contribution >= 0.6 is 12.6 Å². The molecule has 5 heteroatoms. The van der Waals surface area contributed by atoms with Gasteiger partial charge in [-0.25, -0.2) is 4.39 Å². The first kappa shape index (κ1) is 12.1. The molecule has 0 aliphatic heterocycles. The Morgan fingerprint density at radius 2 is 1.93 bits per heavy atom. The van der Waals surface area contributed by atoms with Gasteiger partial charge in [0.25, 0.3) is 0 Å². The molecule has 0 saturated carbocycles. The van der Waals surface area contributed by atoms with Gasteiger partial charge in [0, 0.05) is 11.3 Å². The van der Waals surface area contributed by atoms with Crippen molar-refractivity contribution in [2.45, 2.75) is 6.18 Å². The van der Waals surface area contributed by atoms with Crippen molar-refractivity contribution in [3.63, 3.8) is 0 Å². The van der Waals surface area contributed by atoms with E-state index in [1.165, 1.54) is 12.2 Å². The molecule has 0 heterocycles. The highest BCUT2D eigenvalue weighted by Crippen LogP contribution is 2.30. The standard InChI is InChI=1S/C10H8F4S/c11-9-4-3-8(10(12,13)14)6-7(9)2-1-5-15/h1-4,6,15H,5H2. The summed E-state index contributed by atoms with van der Waals surface area (Å²) in [5, 5.41) is 0. The van der Waals surface area contributed by atoms with Gasteiger partial charge in [0.05, 0.1) is 5.56 Å². The largest absolute Gasteiger partial charge is 0.416 e. The van der Waals surface area contributed by atoms with E-state index >= 15 is 0 Å². The van der Waals surface area contributed by atoms with Gasteiger partial charge in [-0.2, -0.15) is 25.8 Å². The lowest BCUT2D eigenvalue weighted by Gasteiger charge is -2.07. The molecule has 0 radical (unpaired) electrons. The van der Waals surface area contributed by atoms with Crippen molar-refractivity contribution in [2.75, 3.05) is 5.75 Å². The summed E-state index contributed by atoms with van der Waals surface area (Å²) in [6.07, 6.45) is -1.70. The summed E-state index contributed by atoms with van der Waals surface area (Å²) in [7, 11) is 0. The van der Waals surface area contributed by atoms with Crippen LogP contribution in [0.1, 0.15) is 11.1 Å². The first-order chi connectivity index (χ1) is 6.95. The summed E-state index contributed by atoms with van der Waals surface area (Å²) >= 11 is 3.84. The third-order valence-corrected chi connectivity index (χ3v) is 1.94. The minimum absolute atomic E-state index is 0.0844. The van der Waals surface area contributed by atoms with Gasteiger partial charge in [0.15, 0.2) is 0 Å². The molecule has 0 nitrogen and oxygen atoms in total. The Bertz CT molecular complexity index is 368. The first-order valence-electron chi connectivity index (χ1n) is 4.09. The molecule has 0 fully saturated rings. The average molecular weight is 236 g/mol. The fourth-order valence-corrected chi connectivity index (χ4v) is 1.13. The summed E-state index contributed by atoms with van der Waals surface area (Å²) in [6.45, 7) is 0. The van der Waals surface area contributed by atoms with Crippen LogP contribution in [0.15, 0.2) is 24.3 Å². The number of benzene rings is 1. The Kier molecular flexibility index (Phi) is 3.79. The molecular formula is C10H8F4S. The fourth-order valence-electron chi connectivity index (χ4n) is 1.03. The van der Waals surface area contributed by atoms with Gasteiger partial charge < -0.3 is 0 Å². The second kappa shape index (κ2) is 4.70. The van der Waals surface area contributed by atoms with Crippen LogP contribution in [-0.4, -0.2) is 5.75 Å². The number of hydrogen-bond acceptors (Lipinski definition) is 1. The van der Waals surface area contributed by atoms with Crippen LogP contribution in [0.25, 0.3) is 6.08 Å². The number of thiol groups is 1. The predicted octanol–water partition coefficient (Wildman–Crippen LogP) is 3.79. The highest BCUT2D eigenvalue weighted by atomic mass is 32.1. The Hall–Kier alpha value is -0.970.